The van der Waals surface area contributed by atoms with Crippen molar-refractivity contribution in [2.45, 2.75) is 19.9 Å². The molecule has 14 heavy (non-hydrogen) atoms. The zero-order chi connectivity index (χ0) is 10.8. The molecule has 0 N–H and O–H groups in total. The fraction of sp³-hybridized carbons (Fsp3) is 0.400. The van der Waals surface area contributed by atoms with E-state index in [1.54, 1.807) is 5.19 Å². The Morgan fingerprint density at radius 3 is 2.07 bits per heavy atom. The summed E-state index contributed by atoms with van der Waals surface area (Å²) in [7, 11) is 1.91. The van der Waals surface area contributed by atoms with Gasteiger partial charge in [-0.1, -0.05) is 48.5 Å². The molecule has 1 nitrogen and oxygen atoms in total. The van der Waals surface area contributed by atoms with E-state index in [-0.39, 0.29) is 0 Å². The molecule has 80 valence electrons. The van der Waals surface area contributed by atoms with Crippen molar-refractivity contribution in [2.24, 2.45) is 0 Å². The minimum Gasteiger partial charge on any atom is -0.428 e. The molecule has 0 amide bonds. The average Bonchev–Trinajstić information content (AvgIpc) is 2.29. The van der Waals surface area contributed by atoms with E-state index in [2.05, 4.69) is 41.7 Å². The van der Waals surface area contributed by atoms with Gasteiger partial charge >= 0.3 is 0 Å². The molecular formula is C10H22OSi3. The Bertz CT molecular complexity index is 214. The van der Waals surface area contributed by atoms with Gasteiger partial charge in [0.05, 0.1) is 8.31 Å². The minimum atomic E-state index is -0.401. The first-order valence-electron chi connectivity index (χ1n) is 5.30. The fourth-order valence-electron chi connectivity index (χ4n) is 1.02. The maximum atomic E-state index is 4.68. The molecule has 0 aliphatic heterocycles. The van der Waals surface area contributed by atoms with Crippen molar-refractivity contribution in [3.05, 3.63) is 30.3 Å². The first kappa shape index (κ1) is 13.8. The summed E-state index contributed by atoms with van der Waals surface area (Å²) in [6, 6.07) is 12.4. The van der Waals surface area contributed by atoms with E-state index in [0.29, 0.717) is 0 Å². The topological polar surface area (TPSA) is 9.23 Å². The number of rotatable bonds is 3. The first-order chi connectivity index (χ1) is 6.76. The summed E-state index contributed by atoms with van der Waals surface area (Å²) in [5.74, 6) is 0. The lowest BCUT2D eigenvalue weighted by Crippen LogP contribution is -2.29. The maximum absolute atomic E-state index is 4.68. The van der Waals surface area contributed by atoms with E-state index in [1.165, 1.54) is 15.8 Å². The third-order valence-corrected chi connectivity index (χ3v) is 10.0. The Morgan fingerprint density at radius 1 is 1.21 bits per heavy atom. The highest BCUT2D eigenvalue weighted by molar-refractivity contribution is 7.11. The standard InChI is InChI=1S/C8H14Si2.C2H8OSi/c1-2-10(9)8-6-4-3-5-7-8;1-2-3-4/h3-7,10H,2H2,1,9H3;2H2,1,4H3. The van der Waals surface area contributed by atoms with E-state index < -0.39 is 8.31 Å². The Morgan fingerprint density at radius 2 is 1.71 bits per heavy atom. The van der Waals surface area contributed by atoms with Crippen molar-refractivity contribution in [3.63, 3.8) is 0 Å². The SMILES string of the molecule is CCO[SiH3].CC[SiH]([SiH3])c1ccccc1. The van der Waals surface area contributed by atoms with Gasteiger partial charge in [0.2, 0.25) is 0 Å². The quantitative estimate of drug-likeness (QED) is 0.638. The lowest BCUT2D eigenvalue weighted by molar-refractivity contribution is 0.375. The van der Waals surface area contributed by atoms with Crippen molar-refractivity contribution in [3.8, 4) is 0 Å². The lowest BCUT2D eigenvalue weighted by atomic mass is 10.4. The third kappa shape index (κ3) is 6.31. The van der Waals surface area contributed by atoms with E-state index >= 15 is 0 Å². The minimum absolute atomic E-state index is 0.401. The van der Waals surface area contributed by atoms with Crippen LogP contribution in [0, 0.1) is 0 Å². The molecule has 0 radical (unpaired) electrons. The predicted molar refractivity (Wildman–Crippen MR) is 75.2 cm³/mol. The zero-order valence-corrected chi connectivity index (χ0v) is 14.9. The summed E-state index contributed by atoms with van der Waals surface area (Å²) < 4.78 is 4.68. The summed E-state index contributed by atoms with van der Waals surface area (Å²) >= 11 is 0. The summed E-state index contributed by atoms with van der Waals surface area (Å²) in [6.45, 7) is 5.19. The number of benzene rings is 1. The molecule has 0 spiro atoms. The second-order valence-corrected chi connectivity index (χ2v) is 11.3. The number of hydrogen-bond donors (Lipinski definition) is 0. The highest BCUT2D eigenvalue weighted by Crippen LogP contribution is 1.89. The van der Waals surface area contributed by atoms with Gasteiger partial charge in [-0.2, -0.15) is 0 Å². The van der Waals surface area contributed by atoms with Gasteiger partial charge in [0.15, 0.2) is 0 Å². The van der Waals surface area contributed by atoms with Crippen LogP contribution in [0.3, 0.4) is 0 Å². The second-order valence-electron chi connectivity index (χ2n) is 3.30. The molecule has 0 aliphatic carbocycles. The van der Waals surface area contributed by atoms with Crippen molar-refractivity contribution in [1.82, 2.24) is 0 Å². The fourth-order valence-corrected chi connectivity index (χ4v) is 3.52. The third-order valence-electron chi connectivity index (χ3n) is 2.27. The van der Waals surface area contributed by atoms with E-state index in [1.807, 2.05) is 6.92 Å². The molecule has 0 fully saturated rings. The van der Waals surface area contributed by atoms with Gasteiger partial charge in [0, 0.05) is 16.4 Å². The van der Waals surface area contributed by atoms with Crippen LogP contribution in [0.1, 0.15) is 13.8 Å². The summed E-state index contributed by atoms with van der Waals surface area (Å²) in [6.07, 6.45) is 0. The van der Waals surface area contributed by atoms with Crippen LogP contribution in [0.25, 0.3) is 0 Å². The van der Waals surface area contributed by atoms with Crippen LogP contribution in [0.5, 0.6) is 0 Å². The summed E-state index contributed by atoms with van der Waals surface area (Å²) in [5, 5.41) is 1.65. The molecular weight excluding hydrogens is 220 g/mol. The van der Waals surface area contributed by atoms with Gasteiger partial charge in [-0.05, 0) is 6.92 Å². The largest absolute Gasteiger partial charge is 0.428 e. The molecule has 0 heterocycles. The molecule has 0 saturated carbocycles. The van der Waals surface area contributed by atoms with Crippen LogP contribution < -0.4 is 5.19 Å². The van der Waals surface area contributed by atoms with Crippen molar-refractivity contribution < 1.29 is 4.43 Å². The Labute approximate surface area is 95.2 Å². The van der Waals surface area contributed by atoms with Crippen LogP contribution >= 0.6 is 0 Å². The molecule has 1 rings (SSSR count). The van der Waals surface area contributed by atoms with E-state index in [0.717, 1.165) is 17.1 Å². The van der Waals surface area contributed by atoms with Crippen LogP contribution in [0.15, 0.2) is 30.3 Å². The summed E-state index contributed by atoms with van der Waals surface area (Å²) in [5.41, 5.74) is 0. The second kappa shape index (κ2) is 9.39. The van der Waals surface area contributed by atoms with Gasteiger partial charge in [-0.25, -0.2) is 0 Å². The van der Waals surface area contributed by atoms with Crippen molar-refractivity contribution >= 4 is 33.7 Å². The van der Waals surface area contributed by atoms with Crippen molar-refractivity contribution in [2.75, 3.05) is 6.61 Å². The average molecular weight is 243 g/mol. The molecule has 0 aliphatic rings. The predicted octanol–water partition coefficient (Wildman–Crippen LogP) is -0.694. The molecule has 0 aromatic heterocycles. The lowest BCUT2D eigenvalue weighted by Gasteiger charge is -2.04. The zero-order valence-electron chi connectivity index (χ0n) is 9.79. The summed E-state index contributed by atoms with van der Waals surface area (Å²) in [4.78, 5) is 0. The molecule has 1 aromatic rings. The van der Waals surface area contributed by atoms with Gasteiger partial charge in [-0.3, -0.25) is 0 Å². The monoisotopic (exact) mass is 242 g/mol. The Kier molecular flexibility index (Phi) is 9.27. The Balaban J connectivity index is 0.000000364. The normalized spacial score (nSPS) is 11.9. The van der Waals surface area contributed by atoms with Crippen LogP contribution in [-0.2, 0) is 4.43 Å². The molecule has 1 aromatic carbocycles. The molecule has 0 bridgehead atoms. The molecule has 0 saturated heterocycles. The highest BCUT2D eigenvalue weighted by atomic mass is 29.1. The van der Waals surface area contributed by atoms with Gasteiger partial charge in [0.25, 0.3) is 0 Å². The highest BCUT2D eigenvalue weighted by Gasteiger charge is 2.00. The maximum Gasteiger partial charge on any atom is 0.145 e. The molecule has 4 heteroatoms. The number of hydrogen-bond acceptors (Lipinski definition) is 1. The van der Waals surface area contributed by atoms with Gasteiger partial charge in [-0.15, -0.1) is 0 Å². The smallest absolute Gasteiger partial charge is 0.145 e. The van der Waals surface area contributed by atoms with Crippen LogP contribution in [0.2, 0.25) is 6.04 Å². The van der Waals surface area contributed by atoms with Gasteiger partial charge < -0.3 is 4.43 Å². The first-order valence-corrected chi connectivity index (χ1v) is 12.1. The molecule has 1 unspecified atom stereocenters. The van der Waals surface area contributed by atoms with Crippen molar-refractivity contribution in [1.29, 1.82) is 0 Å². The van der Waals surface area contributed by atoms with Crippen LogP contribution in [0.4, 0.5) is 0 Å². The van der Waals surface area contributed by atoms with E-state index in [4.69, 9.17) is 0 Å². The molecule has 1 atom stereocenters. The Hall–Kier alpha value is -0.169. The van der Waals surface area contributed by atoms with Gasteiger partial charge in [0.1, 0.15) is 10.5 Å². The van der Waals surface area contributed by atoms with E-state index in [9.17, 15) is 0 Å². The van der Waals surface area contributed by atoms with Crippen LogP contribution in [-0.4, -0.2) is 35.2 Å².